The van der Waals surface area contributed by atoms with Crippen LogP contribution in [-0.4, -0.2) is 84.7 Å². The predicted molar refractivity (Wildman–Crippen MR) is 112 cm³/mol. The zero-order chi connectivity index (χ0) is 22.2. The second-order valence-corrected chi connectivity index (χ2v) is 8.22. The lowest BCUT2D eigenvalue weighted by molar-refractivity contribution is -0.133. The number of hydrogen-bond donors (Lipinski definition) is 2. The van der Waals surface area contributed by atoms with Crippen LogP contribution in [0.5, 0.6) is 0 Å². The van der Waals surface area contributed by atoms with E-state index in [1.807, 2.05) is 4.90 Å². The van der Waals surface area contributed by atoms with Crippen LogP contribution in [0, 0.1) is 0 Å². The Morgan fingerprint density at radius 1 is 1.29 bits per heavy atom. The Kier molecular flexibility index (Phi) is 5.48. The van der Waals surface area contributed by atoms with E-state index in [4.69, 9.17) is 10.2 Å². The van der Waals surface area contributed by atoms with Crippen molar-refractivity contribution in [3.05, 3.63) is 18.4 Å². The van der Waals surface area contributed by atoms with E-state index < -0.39 is 11.7 Å². The molecule has 4 heterocycles. The molecule has 1 fully saturated rings. The van der Waals surface area contributed by atoms with Gasteiger partial charge in [-0.1, -0.05) is 0 Å². The molecule has 31 heavy (non-hydrogen) atoms. The Bertz CT molecular complexity index is 1050. The summed E-state index contributed by atoms with van der Waals surface area (Å²) in [6.07, 6.45) is 1.52. The maximum Gasteiger partial charge on any atom is 0.259 e. The lowest BCUT2D eigenvalue weighted by Crippen LogP contribution is -2.54. The molecule has 12 heteroatoms. The van der Waals surface area contributed by atoms with E-state index in [0.717, 1.165) is 0 Å². The molecule has 4 rings (SSSR count). The molecule has 3 N–H and O–H groups in total. The molecule has 1 aliphatic heterocycles. The quantitative estimate of drug-likeness (QED) is 0.588. The molecule has 0 spiro atoms. The standard InChI is InChI=1S/C19H26FN9O2/c1-12(15(30)28-8-6-27(7-9-28)11-19(2,3)20)22-17-24-16(21)29-18(25-17)23-14(26-29)13-5-4-10-31-13/h4-5,10,12H,6-9,11H2,1-3H3,(H3,21,22,23,24,25,26)/t12-/m0/s1. The van der Waals surface area contributed by atoms with Crippen molar-refractivity contribution in [1.82, 2.24) is 34.4 Å². The molecular formula is C19H26FN9O2. The van der Waals surface area contributed by atoms with Crippen molar-refractivity contribution in [3.8, 4) is 11.6 Å². The van der Waals surface area contributed by atoms with Gasteiger partial charge in [-0.3, -0.25) is 9.69 Å². The topological polar surface area (TPSA) is 131 Å². The molecule has 0 aromatic carbocycles. The molecule has 3 aromatic heterocycles. The molecule has 0 saturated carbocycles. The van der Waals surface area contributed by atoms with E-state index in [1.54, 1.807) is 37.8 Å². The number of piperazine rings is 1. The van der Waals surface area contributed by atoms with Gasteiger partial charge in [0, 0.05) is 32.7 Å². The molecule has 1 atom stereocenters. The Hall–Kier alpha value is -3.28. The predicted octanol–water partition coefficient (Wildman–Crippen LogP) is 1.05. The van der Waals surface area contributed by atoms with E-state index in [-0.39, 0.29) is 23.6 Å². The van der Waals surface area contributed by atoms with Crippen molar-refractivity contribution in [2.75, 3.05) is 43.8 Å². The normalized spacial score (nSPS) is 16.6. The number of hydrogen-bond acceptors (Lipinski definition) is 9. The number of nitrogen functional groups attached to an aromatic ring is 1. The largest absolute Gasteiger partial charge is 0.461 e. The molecule has 166 valence electrons. The van der Waals surface area contributed by atoms with Gasteiger partial charge in [0.15, 0.2) is 5.76 Å². The fourth-order valence-corrected chi connectivity index (χ4v) is 3.57. The average molecular weight is 431 g/mol. The second kappa shape index (κ2) is 8.10. The van der Waals surface area contributed by atoms with Gasteiger partial charge in [0.1, 0.15) is 11.7 Å². The lowest BCUT2D eigenvalue weighted by atomic mass is 10.1. The number of nitrogens with one attached hydrogen (secondary N) is 1. The van der Waals surface area contributed by atoms with Crippen LogP contribution in [0.3, 0.4) is 0 Å². The molecule has 0 aliphatic carbocycles. The monoisotopic (exact) mass is 431 g/mol. The van der Waals surface area contributed by atoms with E-state index in [9.17, 15) is 9.18 Å². The minimum absolute atomic E-state index is 0.0832. The number of rotatable bonds is 6. The third kappa shape index (κ3) is 4.74. The molecule has 0 unspecified atom stereocenters. The first-order chi connectivity index (χ1) is 14.7. The number of nitrogens with two attached hydrogens (primary N) is 1. The van der Waals surface area contributed by atoms with Gasteiger partial charge in [-0.2, -0.15) is 19.5 Å². The number of carbonyl (C=O) groups is 1. The minimum atomic E-state index is -1.25. The summed E-state index contributed by atoms with van der Waals surface area (Å²) in [6.45, 7) is 7.57. The molecule has 1 amide bonds. The minimum Gasteiger partial charge on any atom is -0.461 e. The van der Waals surface area contributed by atoms with E-state index in [0.29, 0.717) is 44.3 Å². The number of anilines is 2. The number of aromatic nitrogens is 5. The summed E-state index contributed by atoms with van der Waals surface area (Å²) >= 11 is 0. The van der Waals surface area contributed by atoms with Crippen LogP contribution in [-0.2, 0) is 4.79 Å². The number of alkyl halides is 1. The highest BCUT2D eigenvalue weighted by molar-refractivity contribution is 5.84. The van der Waals surface area contributed by atoms with E-state index in [1.165, 1.54) is 10.8 Å². The summed E-state index contributed by atoms with van der Waals surface area (Å²) in [4.78, 5) is 29.4. The summed E-state index contributed by atoms with van der Waals surface area (Å²) in [5.41, 5.74) is 4.74. The highest BCUT2D eigenvalue weighted by Gasteiger charge is 2.28. The maximum absolute atomic E-state index is 13.9. The van der Waals surface area contributed by atoms with Crippen LogP contribution < -0.4 is 11.1 Å². The SMILES string of the molecule is C[C@H](Nc1nc(N)n2nc(-c3ccco3)nc2n1)C(=O)N1CCN(CC(C)(C)F)CC1. The summed E-state index contributed by atoms with van der Waals surface area (Å²) < 4.78 is 20.5. The Labute approximate surface area is 178 Å². The van der Waals surface area contributed by atoms with Crippen molar-refractivity contribution in [1.29, 1.82) is 0 Å². The molecular weight excluding hydrogens is 405 g/mol. The fraction of sp³-hybridized carbons (Fsp3) is 0.526. The first kappa shape index (κ1) is 21.0. The van der Waals surface area contributed by atoms with Gasteiger partial charge in [-0.25, -0.2) is 4.39 Å². The highest BCUT2D eigenvalue weighted by atomic mass is 19.1. The van der Waals surface area contributed by atoms with Gasteiger partial charge in [0.2, 0.25) is 23.6 Å². The molecule has 0 bridgehead atoms. The molecule has 11 nitrogen and oxygen atoms in total. The van der Waals surface area contributed by atoms with Crippen LogP contribution in [0.25, 0.3) is 17.4 Å². The number of halogens is 1. The molecule has 1 saturated heterocycles. The maximum atomic E-state index is 13.9. The number of carbonyl (C=O) groups excluding carboxylic acids is 1. The van der Waals surface area contributed by atoms with E-state index in [2.05, 4.69) is 25.4 Å². The highest BCUT2D eigenvalue weighted by Crippen LogP contribution is 2.18. The van der Waals surface area contributed by atoms with Gasteiger partial charge in [0.25, 0.3) is 5.78 Å². The van der Waals surface area contributed by atoms with Crippen molar-refractivity contribution < 1.29 is 13.6 Å². The van der Waals surface area contributed by atoms with Gasteiger partial charge >= 0.3 is 0 Å². The van der Waals surface area contributed by atoms with Gasteiger partial charge in [0.05, 0.1) is 6.26 Å². The van der Waals surface area contributed by atoms with E-state index >= 15 is 0 Å². The van der Waals surface area contributed by atoms with Crippen LogP contribution in [0.1, 0.15) is 20.8 Å². The second-order valence-electron chi connectivity index (χ2n) is 8.22. The fourth-order valence-electron chi connectivity index (χ4n) is 3.57. The zero-order valence-corrected chi connectivity index (χ0v) is 17.7. The third-order valence-electron chi connectivity index (χ3n) is 4.97. The Morgan fingerprint density at radius 2 is 2.03 bits per heavy atom. The molecule has 0 radical (unpaired) electrons. The van der Waals surface area contributed by atoms with Gasteiger partial charge < -0.3 is 20.4 Å². The zero-order valence-electron chi connectivity index (χ0n) is 17.7. The number of furan rings is 1. The first-order valence-corrected chi connectivity index (χ1v) is 10.1. The van der Waals surface area contributed by atoms with Crippen LogP contribution in [0.4, 0.5) is 16.3 Å². The van der Waals surface area contributed by atoms with Crippen LogP contribution in [0.15, 0.2) is 22.8 Å². The first-order valence-electron chi connectivity index (χ1n) is 10.1. The van der Waals surface area contributed by atoms with Crippen LogP contribution in [0.2, 0.25) is 0 Å². The van der Waals surface area contributed by atoms with Crippen LogP contribution >= 0.6 is 0 Å². The number of fused-ring (bicyclic) bond motifs is 1. The third-order valence-corrected chi connectivity index (χ3v) is 4.97. The van der Waals surface area contributed by atoms with Gasteiger partial charge in [-0.15, -0.1) is 5.10 Å². The molecule has 1 aliphatic rings. The summed E-state index contributed by atoms with van der Waals surface area (Å²) in [5.74, 6) is 1.24. The lowest BCUT2D eigenvalue weighted by Gasteiger charge is -2.37. The van der Waals surface area contributed by atoms with Crippen molar-refractivity contribution in [2.45, 2.75) is 32.5 Å². The van der Waals surface area contributed by atoms with Crippen molar-refractivity contribution in [3.63, 3.8) is 0 Å². The number of nitrogens with zero attached hydrogens (tertiary/aromatic N) is 7. The summed E-state index contributed by atoms with van der Waals surface area (Å²) in [5, 5.41) is 7.24. The average Bonchev–Trinajstić information content (AvgIpc) is 3.36. The van der Waals surface area contributed by atoms with Gasteiger partial charge in [-0.05, 0) is 32.9 Å². The Balaban J connectivity index is 1.41. The smallest absolute Gasteiger partial charge is 0.259 e. The number of amides is 1. The van der Waals surface area contributed by atoms with Crippen molar-refractivity contribution in [2.24, 2.45) is 0 Å². The Morgan fingerprint density at radius 3 is 2.68 bits per heavy atom. The summed E-state index contributed by atoms with van der Waals surface area (Å²) in [7, 11) is 0. The molecule has 3 aromatic rings. The summed E-state index contributed by atoms with van der Waals surface area (Å²) in [6, 6.07) is 2.89. The van der Waals surface area contributed by atoms with Crippen molar-refractivity contribution >= 4 is 23.6 Å².